The van der Waals surface area contributed by atoms with Crippen molar-refractivity contribution in [2.24, 2.45) is 5.10 Å². The summed E-state index contributed by atoms with van der Waals surface area (Å²) in [6.07, 6.45) is 2.37. The first-order valence-corrected chi connectivity index (χ1v) is 8.53. The van der Waals surface area contributed by atoms with E-state index in [1.54, 1.807) is 12.1 Å². The van der Waals surface area contributed by atoms with Crippen LogP contribution in [0.4, 0.5) is 5.69 Å². The summed E-state index contributed by atoms with van der Waals surface area (Å²) in [5.74, 6) is 0.523. The molecular weight excluding hydrogens is 416 g/mol. The molecule has 136 valence electrons. The maximum atomic E-state index is 11.9. The Bertz CT molecular complexity index is 1030. The Morgan fingerprint density at radius 3 is 2.78 bits per heavy atom. The van der Waals surface area contributed by atoms with Gasteiger partial charge in [0.1, 0.15) is 23.4 Å². The van der Waals surface area contributed by atoms with Crippen molar-refractivity contribution in [2.75, 3.05) is 0 Å². The number of carbonyl (C=O) groups is 1. The van der Waals surface area contributed by atoms with Crippen LogP contribution in [-0.4, -0.2) is 22.0 Å². The summed E-state index contributed by atoms with van der Waals surface area (Å²) >= 11 is 3.50. The van der Waals surface area contributed by atoms with E-state index in [1.165, 1.54) is 18.3 Å². The number of benzene rings is 1. The number of aryl methyl sites for hydroxylation is 1. The molecule has 0 radical (unpaired) electrons. The smallest absolute Gasteiger partial charge is 0.289 e. The number of aromatic nitrogens is 1. The highest BCUT2D eigenvalue weighted by atomic mass is 79.9. The summed E-state index contributed by atoms with van der Waals surface area (Å²) in [6, 6.07) is 11.9. The molecule has 1 amide bonds. The van der Waals surface area contributed by atoms with Gasteiger partial charge in [0.2, 0.25) is 0 Å². The number of rotatable bonds is 5. The van der Waals surface area contributed by atoms with E-state index >= 15 is 0 Å². The normalized spacial score (nSPS) is 10.9. The predicted octanol–water partition coefficient (Wildman–Crippen LogP) is 4.08. The van der Waals surface area contributed by atoms with Crippen molar-refractivity contribution in [1.29, 1.82) is 0 Å². The first-order chi connectivity index (χ1) is 12.9. The molecule has 0 aliphatic heterocycles. The van der Waals surface area contributed by atoms with Crippen molar-refractivity contribution in [3.05, 3.63) is 80.3 Å². The number of nitro groups is 1. The second kappa shape index (κ2) is 7.92. The molecule has 0 fully saturated rings. The Morgan fingerprint density at radius 1 is 1.30 bits per heavy atom. The molecule has 0 aliphatic rings. The van der Waals surface area contributed by atoms with Crippen molar-refractivity contribution in [2.45, 2.75) is 6.92 Å². The van der Waals surface area contributed by atoms with Gasteiger partial charge in [0, 0.05) is 16.1 Å². The lowest BCUT2D eigenvalue weighted by atomic mass is 10.1. The van der Waals surface area contributed by atoms with E-state index in [4.69, 9.17) is 4.42 Å². The molecule has 0 saturated heterocycles. The number of hydrogen-bond donors (Lipinski definition) is 1. The molecular formula is C18H13BrN4O4. The number of halogens is 1. The van der Waals surface area contributed by atoms with Crippen molar-refractivity contribution in [3.8, 4) is 11.3 Å². The molecule has 3 aromatic rings. The molecule has 1 N–H and O–H groups in total. The highest BCUT2D eigenvalue weighted by molar-refractivity contribution is 9.10. The molecule has 0 atom stereocenters. The fraction of sp³-hybridized carbons (Fsp3) is 0.0556. The van der Waals surface area contributed by atoms with Crippen LogP contribution >= 0.6 is 15.9 Å². The average Bonchev–Trinajstić information content (AvgIpc) is 3.10. The van der Waals surface area contributed by atoms with E-state index in [9.17, 15) is 14.9 Å². The van der Waals surface area contributed by atoms with Crippen LogP contribution in [0, 0.1) is 17.0 Å². The third-order valence-electron chi connectivity index (χ3n) is 3.57. The summed E-state index contributed by atoms with van der Waals surface area (Å²) < 4.78 is 6.61. The third kappa shape index (κ3) is 4.45. The maximum Gasteiger partial charge on any atom is 0.289 e. The lowest BCUT2D eigenvalue weighted by Gasteiger charge is -2.02. The lowest BCUT2D eigenvalue weighted by molar-refractivity contribution is -0.385. The first kappa shape index (κ1) is 18.5. The number of hydrogen-bond acceptors (Lipinski definition) is 6. The number of nitrogens with one attached hydrogen (secondary N) is 1. The standard InChI is InChI=1S/C18H13BrN4O4/c1-11-2-5-14(15(19)8-11)17-7-4-13(27-17)10-21-22-18(24)16-6-3-12(9-20-16)23(25)26/h2-10H,1H3,(H,22,24)/b21-10-. The van der Waals surface area contributed by atoms with E-state index in [0.717, 1.165) is 21.8 Å². The molecule has 0 bridgehead atoms. The molecule has 0 saturated carbocycles. The van der Waals surface area contributed by atoms with Crippen LogP contribution in [0.15, 0.2) is 62.7 Å². The summed E-state index contributed by atoms with van der Waals surface area (Å²) in [5.41, 5.74) is 4.14. The van der Waals surface area contributed by atoms with Crippen LogP contribution in [0.2, 0.25) is 0 Å². The molecule has 0 unspecified atom stereocenters. The zero-order valence-corrected chi connectivity index (χ0v) is 15.6. The highest BCUT2D eigenvalue weighted by Gasteiger charge is 2.11. The number of pyridine rings is 1. The van der Waals surface area contributed by atoms with Gasteiger partial charge in [-0.1, -0.05) is 22.0 Å². The molecule has 0 aliphatic carbocycles. The molecule has 0 spiro atoms. The summed E-state index contributed by atoms with van der Waals surface area (Å²) in [4.78, 5) is 25.6. The number of carbonyl (C=O) groups excluding carboxylic acids is 1. The third-order valence-corrected chi connectivity index (χ3v) is 4.22. The second-order valence-corrected chi connectivity index (χ2v) is 6.40. The van der Waals surface area contributed by atoms with Crippen LogP contribution in [0.5, 0.6) is 0 Å². The number of nitrogens with zero attached hydrogens (tertiary/aromatic N) is 3. The minimum absolute atomic E-state index is 0.0152. The zero-order chi connectivity index (χ0) is 19.4. The van der Waals surface area contributed by atoms with Gasteiger partial charge in [0.15, 0.2) is 0 Å². The highest BCUT2D eigenvalue weighted by Crippen LogP contribution is 2.30. The van der Waals surface area contributed by atoms with E-state index in [2.05, 4.69) is 31.4 Å². The lowest BCUT2D eigenvalue weighted by Crippen LogP contribution is -2.18. The average molecular weight is 429 g/mol. The SMILES string of the molecule is Cc1ccc(-c2ccc(/C=N\NC(=O)c3ccc([N+](=O)[O-])cn3)o2)c(Br)c1. The van der Waals surface area contributed by atoms with Crippen molar-refractivity contribution >= 4 is 33.7 Å². The summed E-state index contributed by atoms with van der Waals surface area (Å²) in [5, 5.41) is 14.4. The van der Waals surface area contributed by atoms with Gasteiger partial charge >= 0.3 is 0 Å². The summed E-state index contributed by atoms with van der Waals surface area (Å²) in [7, 11) is 0. The molecule has 3 rings (SSSR count). The number of hydrazone groups is 1. The van der Waals surface area contributed by atoms with E-state index in [1.807, 2.05) is 25.1 Å². The van der Waals surface area contributed by atoms with Crippen LogP contribution in [-0.2, 0) is 0 Å². The molecule has 9 heteroatoms. The Balaban J connectivity index is 1.65. The fourth-order valence-electron chi connectivity index (χ4n) is 2.23. The maximum absolute atomic E-state index is 11.9. The minimum atomic E-state index is -0.590. The molecule has 2 heterocycles. The molecule has 27 heavy (non-hydrogen) atoms. The molecule has 2 aromatic heterocycles. The van der Waals surface area contributed by atoms with Crippen molar-refractivity contribution in [3.63, 3.8) is 0 Å². The Kier molecular flexibility index (Phi) is 5.41. The first-order valence-electron chi connectivity index (χ1n) is 7.74. The van der Waals surface area contributed by atoms with Gasteiger partial charge < -0.3 is 4.42 Å². The second-order valence-electron chi connectivity index (χ2n) is 5.54. The van der Waals surface area contributed by atoms with Gasteiger partial charge in [-0.3, -0.25) is 14.9 Å². The Morgan fingerprint density at radius 2 is 2.11 bits per heavy atom. The van der Waals surface area contributed by atoms with E-state index in [0.29, 0.717) is 11.5 Å². The largest absolute Gasteiger partial charge is 0.455 e. The topological polar surface area (TPSA) is 111 Å². The van der Waals surface area contributed by atoms with Gasteiger partial charge in [-0.15, -0.1) is 0 Å². The predicted molar refractivity (Wildman–Crippen MR) is 103 cm³/mol. The molecule has 1 aromatic carbocycles. The molecule has 8 nitrogen and oxygen atoms in total. The van der Waals surface area contributed by atoms with Gasteiger partial charge in [-0.2, -0.15) is 5.10 Å². The monoisotopic (exact) mass is 428 g/mol. The van der Waals surface area contributed by atoms with Crippen LogP contribution in [0.25, 0.3) is 11.3 Å². The van der Waals surface area contributed by atoms with E-state index < -0.39 is 10.8 Å². The van der Waals surface area contributed by atoms with E-state index in [-0.39, 0.29) is 11.4 Å². The zero-order valence-electron chi connectivity index (χ0n) is 14.0. The van der Waals surface area contributed by atoms with Crippen LogP contribution in [0.1, 0.15) is 21.8 Å². The number of furan rings is 1. The quantitative estimate of drug-likeness (QED) is 0.373. The van der Waals surface area contributed by atoms with Gasteiger partial charge in [-0.05, 0) is 42.8 Å². The van der Waals surface area contributed by atoms with Crippen LogP contribution in [0.3, 0.4) is 0 Å². The van der Waals surface area contributed by atoms with Crippen molar-refractivity contribution < 1.29 is 14.1 Å². The fourth-order valence-corrected chi connectivity index (χ4v) is 2.92. The minimum Gasteiger partial charge on any atom is -0.455 e. The van der Waals surface area contributed by atoms with Crippen molar-refractivity contribution in [1.82, 2.24) is 10.4 Å². The van der Waals surface area contributed by atoms with Gasteiger partial charge in [0.05, 0.1) is 11.1 Å². The Labute approximate surface area is 162 Å². The number of amides is 1. The van der Waals surface area contributed by atoms with Crippen LogP contribution < -0.4 is 5.43 Å². The van der Waals surface area contributed by atoms with Gasteiger partial charge in [-0.25, -0.2) is 10.4 Å². The van der Waals surface area contributed by atoms with Gasteiger partial charge in [0.25, 0.3) is 11.6 Å². The Hall–Kier alpha value is -3.33. The summed E-state index contributed by atoms with van der Waals surface area (Å²) in [6.45, 7) is 2.00.